The van der Waals surface area contributed by atoms with Crippen LogP contribution in [-0.4, -0.2) is 35.2 Å². The molecule has 0 spiro atoms. The maximum Gasteiger partial charge on any atom is 0.269 e. The first-order chi connectivity index (χ1) is 4.42. The lowest BCUT2D eigenvalue weighted by molar-refractivity contribution is -0.0207. The Kier molecular flexibility index (Phi) is 6.58. The van der Waals surface area contributed by atoms with Crippen molar-refractivity contribution in [2.45, 2.75) is 6.29 Å². The fourth-order valence-electron chi connectivity index (χ4n) is 0.188. The molecule has 0 aliphatic carbocycles. The second-order valence-corrected chi connectivity index (χ2v) is 2.73. The van der Waals surface area contributed by atoms with Gasteiger partial charge in [-0.05, 0) is 0 Å². The van der Waals surface area contributed by atoms with E-state index >= 15 is 0 Å². The molecule has 62 valence electrons. The average Bonchev–Trinajstić information content (AvgIpc) is 1.64. The van der Waals surface area contributed by atoms with Crippen LogP contribution in [0.1, 0.15) is 0 Å². The molecule has 0 unspecified atom stereocenters. The molecule has 0 aliphatic heterocycles. The first-order valence-electron chi connectivity index (χ1n) is 2.23. The second-order valence-electron chi connectivity index (χ2n) is 1.23. The highest BCUT2D eigenvalue weighted by atomic mass is 32.2. The summed E-state index contributed by atoms with van der Waals surface area (Å²) in [7, 11) is -4.22. The molecule has 0 aliphatic rings. The highest BCUT2D eigenvalue weighted by Crippen LogP contribution is 1.83. The molecule has 0 atom stereocenters. The standard InChI is InChI=1S/C2H6O5S.C2H4/c3-2(4)1-8(5,6)7;1-2/h2-4H,1H2,(H,5,6,7);1-2H2. The zero-order chi connectivity index (χ0) is 8.78. The van der Waals surface area contributed by atoms with Crippen LogP contribution in [0, 0.1) is 0 Å². The lowest BCUT2D eigenvalue weighted by Gasteiger charge is -1.96. The van der Waals surface area contributed by atoms with E-state index in [1.807, 2.05) is 0 Å². The minimum absolute atomic E-state index is 1.03. The summed E-state index contributed by atoms with van der Waals surface area (Å²) in [6.07, 6.45) is -2.00. The Balaban J connectivity index is 0. The zero-order valence-corrected chi connectivity index (χ0v) is 6.08. The third kappa shape index (κ3) is 15.6. The first-order valence-corrected chi connectivity index (χ1v) is 3.84. The van der Waals surface area contributed by atoms with Gasteiger partial charge in [0, 0.05) is 0 Å². The number of aliphatic hydroxyl groups is 2. The fourth-order valence-corrected chi connectivity index (χ4v) is 0.565. The predicted molar refractivity (Wildman–Crippen MR) is 35.9 cm³/mol. The minimum atomic E-state index is -4.22. The van der Waals surface area contributed by atoms with Crippen molar-refractivity contribution in [1.82, 2.24) is 0 Å². The van der Waals surface area contributed by atoms with E-state index in [2.05, 4.69) is 13.2 Å². The summed E-state index contributed by atoms with van der Waals surface area (Å²) in [4.78, 5) is 0. The zero-order valence-electron chi connectivity index (χ0n) is 5.27. The molecule has 0 fully saturated rings. The molecule has 0 radical (unpaired) electrons. The Hall–Kier alpha value is -0.430. The summed E-state index contributed by atoms with van der Waals surface area (Å²) in [5.74, 6) is -1.03. The van der Waals surface area contributed by atoms with Gasteiger partial charge < -0.3 is 10.2 Å². The van der Waals surface area contributed by atoms with Crippen molar-refractivity contribution in [3.05, 3.63) is 13.2 Å². The van der Waals surface area contributed by atoms with Gasteiger partial charge in [0.05, 0.1) is 0 Å². The van der Waals surface area contributed by atoms with Crippen molar-refractivity contribution in [2.24, 2.45) is 0 Å². The Bertz CT molecular complexity index is 158. The van der Waals surface area contributed by atoms with Crippen LogP contribution >= 0.6 is 0 Å². The maximum atomic E-state index is 9.68. The molecule has 6 heteroatoms. The summed E-state index contributed by atoms with van der Waals surface area (Å²) < 4.78 is 27.2. The Labute approximate surface area is 59.4 Å². The molecule has 0 amide bonds. The molecule has 3 N–H and O–H groups in total. The summed E-state index contributed by atoms with van der Waals surface area (Å²) in [5, 5.41) is 15.8. The van der Waals surface area contributed by atoms with E-state index in [9.17, 15) is 8.42 Å². The molecule has 5 nitrogen and oxygen atoms in total. The van der Waals surface area contributed by atoms with Gasteiger partial charge in [0.25, 0.3) is 10.1 Å². The smallest absolute Gasteiger partial charge is 0.269 e. The van der Waals surface area contributed by atoms with Crippen molar-refractivity contribution in [2.75, 3.05) is 5.75 Å². The average molecular weight is 170 g/mol. The van der Waals surface area contributed by atoms with E-state index in [0.29, 0.717) is 0 Å². The summed E-state index contributed by atoms with van der Waals surface area (Å²) in [5.41, 5.74) is 0. The van der Waals surface area contributed by atoms with E-state index in [0.717, 1.165) is 0 Å². The van der Waals surface area contributed by atoms with Crippen molar-refractivity contribution in [3.8, 4) is 0 Å². The van der Waals surface area contributed by atoms with Gasteiger partial charge in [0.2, 0.25) is 0 Å². The molecule has 0 saturated carbocycles. The van der Waals surface area contributed by atoms with Gasteiger partial charge in [0.15, 0.2) is 6.29 Å². The molecule has 0 bridgehead atoms. The van der Waals surface area contributed by atoms with Crippen LogP contribution < -0.4 is 0 Å². The second kappa shape index (κ2) is 5.36. The Morgan fingerprint density at radius 2 is 1.60 bits per heavy atom. The Morgan fingerprint density at radius 3 is 1.60 bits per heavy atom. The van der Waals surface area contributed by atoms with Gasteiger partial charge in [-0.1, -0.05) is 0 Å². The van der Waals surface area contributed by atoms with E-state index < -0.39 is 22.2 Å². The van der Waals surface area contributed by atoms with Crippen LogP contribution in [0.3, 0.4) is 0 Å². The van der Waals surface area contributed by atoms with Crippen LogP contribution in [0.5, 0.6) is 0 Å². The number of hydrogen-bond donors (Lipinski definition) is 3. The molecule has 0 saturated heterocycles. The molecule has 0 heterocycles. The molecule has 0 aromatic carbocycles. The van der Waals surface area contributed by atoms with Gasteiger partial charge in [0.1, 0.15) is 5.75 Å². The van der Waals surface area contributed by atoms with Gasteiger partial charge in [-0.3, -0.25) is 4.55 Å². The predicted octanol–water partition coefficient (Wildman–Crippen LogP) is -1.01. The third-order valence-corrected chi connectivity index (χ3v) is 1.08. The molecular weight excluding hydrogens is 160 g/mol. The van der Waals surface area contributed by atoms with Gasteiger partial charge in [-0.15, -0.1) is 13.2 Å². The van der Waals surface area contributed by atoms with Crippen LogP contribution in [0.4, 0.5) is 0 Å². The number of aliphatic hydroxyl groups excluding tert-OH is 1. The van der Waals surface area contributed by atoms with Crippen LogP contribution in [0.2, 0.25) is 0 Å². The van der Waals surface area contributed by atoms with Crippen molar-refractivity contribution >= 4 is 10.1 Å². The van der Waals surface area contributed by atoms with E-state index in [1.54, 1.807) is 0 Å². The van der Waals surface area contributed by atoms with Crippen LogP contribution in [-0.2, 0) is 10.1 Å². The molecule has 0 rings (SSSR count). The largest absolute Gasteiger partial charge is 0.367 e. The maximum absolute atomic E-state index is 9.68. The first kappa shape index (κ1) is 12.3. The monoisotopic (exact) mass is 170 g/mol. The quantitative estimate of drug-likeness (QED) is 0.280. The Morgan fingerprint density at radius 1 is 1.30 bits per heavy atom. The normalized spacial score (nSPS) is 10.4. The summed E-state index contributed by atoms with van der Waals surface area (Å²) >= 11 is 0. The van der Waals surface area contributed by atoms with Gasteiger partial charge >= 0.3 is 0 Å². The molecular formula is C4H10O5S. The SMILES string of the molecule is C=C.O=S(=O)(O)CC(O)O. The molecule has 10 heavy (non-hydrogen) atoms. The van der Waals surface area contributed by atoms with E-state index in [1.165, 1.54) is 0 Å². The van der Waals surface area contributed by atoms with Crippen molar-refractivity contribution in [3.63, 3.8) is 0 Å². The topological polar surface area (TPSA) is 94.8 Å². The highest BCUT2D eigenvalue weighted by molar-refractivity contribution is 7.85. The molecule has 0 aromatic heterocycles. The van der Waals surface area contributed by atoms with E-state index in [4.69, 9.17) is 14.8 Å². The van der Waals surface area contributed by atoms with E-state index in [-0.39, 0.29) is 0 Å². The number of hydrogen-bond acceptors (Lipinski definition) is 4. The lowest BCUT2D eigenvalue weighted by atomic mass is 10.8. The van der Waals surface area contributed by atoms with Crippen molar-refractivity contribution < 1.29 is 23.2 Å². The third-order valence-electron chi connectivity index (χ3n) is 0.360. The lowest BCUT2D eigenvalue weighted by Crippen LogP contribution is -2.18. The summed E-state index contributed by atoms with van der Waals surface area (Å²) in [6, 6.07) is 0. The van der Waals surface area contributed by atoms with Gasteiger partial charge in [-0.2, -0.15) is 8.42 Å². The molecule has 0 aromatic rings. The van der Waals surface area contributed by atoms with Gasteiger partial charge in [-0.25, -0.2) is 0 Å². The van der Waals surface area contributed by atoms with Crippen LogP contribution in [0.15, 0.2) is 13.2 Å². The number of rotatable bonds is 2. The van der Waals surface area contributed by atoms with Crippen molar-refractivity contribution in [1.29, 1.82) is 0 Å². The summed E-state index contributed by atoms with van der Waals surface area (Å²) in [6.45, 7) is 6.00. The van der Waals surface area contributed by atoms with Crippen LogP contribution in [0.25, 0.3) is 0 Å². The fraction of sp³-hybridized carbons (Fsp3) is 0.500. The minimum Gasteiger partial charge on any atom is -0.367 e. The highest BCUT2D eigenvalue weighted by Gasteiger charge is 2.09.